The van der Waals surface area contributed by atoms with E-state index >= 15 is 0 Å². The van der Waals surface area contributed by atoms with Gasteiger partial charge in [0.15, 0.2) is 17.0 Å². The molecule has 0 amide bonds. The largest absolute Gasteiger partial charge is 0.338 e. The number of aromatic nitrogens is 4. The van der Waals surface area contributed by atoms with E-state index in [1.165, 1.54) is 0 Å². The average Bonchev–Trinajstić information content (AvgIpc) is 2.84. The van der Waals surface area contributed by atoms with E-state index in [0.717, 1.165) is 12.2 Å². The van der Waals surface area contributed by atoms with Crippen LogP contribution in [0.4, 0.5) is 11.5 Å². The summed E-state index contributed by atoms with van der Waals surface area (Å²) in [5.74, 6) is 0.578. The molecule has 20 heavy (non-hydrogen) atoms. The molecule has 0 atom stereocenters. The summed E-state index contributed by atoms with van der Waals surface area (Å²) in [6.07, 6.45) is 1.72. The van der Waals surface area contributed by atoms with Crippen molar-refractivity contribution in [2.24, 2.45) is 0 Å². The predicted molar refractivity (Wildman–Crippen MR) is 80.7 cm³/mol. The van der Waals surface area contributed by atoms with Crippen LogP contribution in [-0.4, -0.2) is 19.5 Å². The fourth-order valence-corrected chi connectivity index (χ4v) is 2.20. The first kappa shape index (κ1) is 13.1. The molecule has 5 nitrogen and oxygen atoms in total. The zero-order valence-electron chi connectivity index (χ0n) is 10.6. The molecule has 0 aliphatic heterocycles. The summed E-state index contributed by atoms with van der Waals surface area (Å²) >= 11 is 11.8. The van der Waals surface area contributed by atoms with Crippen molar-refractivity contribution in [3.05, 3.63) is 40.9 Å². The van der Waals surface area contributed by atoms with E-state index in [9.17, 15) is 0 Å². The third-order valence-corrected chi connectivity index (χ3v) is 3.31. The van der Waals surface area contributed by atoms with Crippen LogP contribution in [0.5, 0.6) is 0 Å². The minimum Gasteiger partial charge on any atom is -0.338 e. The molecular weight excluding hydrogens is 297 g/mol. The highest BCUT2D eigenvalue weighted by atomic mass is 35.5. The van der Waals surface area contributed by atoms with Gasteiger partial charge in [0.25, 0.3) is 0 Å². The fourth-order valence-electron chi connectivity index (χ4n) is 1.91. The number of benzene rings is 1. The van der Waals surface area contributed by atoms with Gasteiger partial charge in [-0.05, 0) is 42.8 Å². The smallest absolute Gasteiger partial charge is 0.226 e. The van der Waals surface area contributed by atoms with Crippen molar-refractivity contribution in [1.82, 2.24) is 19.5 Å². The van der Waals surface area contributed by atoms with E-state index in [0.29, 0.717) is 22.0 Å². The number of rotatable bonds is 3. The van der Waals surface area contributed by atoms with Gasteiger partial charge in [0.05, 0.1) is 6.33 Å². The SMILES string of the molecule is CCn1cnc2c(Nc3ccc(Cl)cc3)nc(Cl)nc21. The van der Waals surface area contributed by atoms with Crippen molar-refractivity contribution in [1.29, 1.82) is 0 Å². The van der Waals surface area contributed by atoms with Gasteiger partial charge in [-0.25, -0.2) is 4.98 Å². The number of halogens is 2. The van der Waals surface area contributed by atoms with Gasteiger partial charge in [0.2, 0.25) is 5.28 Å². The summed E-state index contributed by atoms with van der Waals surface area (Å²) < 4.78 is 1.91. The van der Waals surface area contributed by atoms with Crippen LogP contribution >= 0.6 is 23.2 Å². The van der Waals surface area contributed by atoms with E-state index in [1.54, 1.807) is 18.5 Å². The maximum absolute atomic E-state index is 5.98. The Bertz CT molecular complexity index is 751. The lowest BCUT2D eigenvalue weighted by Crippen LogP contribution is -1.99. The third kappa shape index (κ3) is 2.42. The second kappa shape index (κ2) is 5.26. The Morgan fingerprint density at radius 3 is 2.60 bits per heavy atom. The Morgan fingerprint density at radius 1 is 1.15 bits per heavy atom. The van der Waals surface area contributed by atoms with Gasteiger partial charge in [0, 0.05) is 17.3 Å². The molecule has 0 aliphatic carbocycles. The molecule has 102 valence electrons. The van der Waals surface area contributed by atoms with Gasteiger partial charge >= 0.3 is 0 Å². The second-order valence-corrected chi connectivity index (χ2v) is 4.95. The second-order valence-electron chi connectivity index (χ2n) is 4.18. The van der Waals surface area contributed by atoms with E-state index in [4.69, 9.17) is 23.2 Å². The van der Waals surface area contributed by atoms with Crippen LogP contribution in [0.15, 0.2) is 30.6 Å². The molecular formula is C13H11Cl2N5. The van der Waals surface area contributed by atoms with Crippen LogP contribution in [0.25, 0.3) is 11.2 Å². The van der Waals surface area contributed by atoms with Gasteiger partial charge in [0.1, 0.15) is 0 Å². The first-order chi connectivity index (χ1) is 9.67. The maximum Gasteiger partial charge on any atom is 0.226 e. The lowest BCUT2D eigenvalue weighted by atomic mass is 10.3. The van der Waals surface area contributed by atoms with Crippen molar-refractivity contribution in [2.45, 2.75) is 13.5 Å². The molecule has 0 saturated heterocycles. The summed E-state index contributed by atoms with van der Waals surface area (Å²) in [6, 6.07) is 7.32. The Hall–Kier alpha value is -1.85. The van der Waals surface area contributed by atoms with E-state index in [1.807, 2.05) is 23.6 Å². The summed E-state index contributed by atoms with van der Waals surface area (Å²) in [7, 11) is 0. The number of hydrogen-bond donors (Lipinski definition) is 1. The summed E-state index contributed by atoms with van der Waals surface area (Å²) in [5.41, 5.74) is 2.26. The molecule has 0 saturated carbocycles. The molecule has 0 fully saturated rings. The zero-order chi connectivity index (χ0) is 14.1. The quantitative estimate of drug-likeness (QED) is 0.746. The van der Waals surface area contributed by atoms with Gasteiger partial charge < -0.3 is 9.88 Å². The van der Waals surface area contributed by atoms with Crippen LogP contribution < -0.4 is 5.32 Å². The molecule has 0 aliphatic rings. The van der Waals surface area contributed by atoms with Crippen LogP contribution in [0, 0.1) is 0 Å². The molecule has 3 rings (SSSR count). The summed E-state index contributed by atoms with van der Waals surface area (Å²) in [6.45, 7) is 2.79. The summed E-state index contributed by atoms with van der Waals surface area (Å²) in [4.78, 5) is 12.8. The normalized spacial score (nSPS) is 10.9. The van der Waals surface area contributed by atoms with Crippen LogP contribution in [0.3, 0.4) is 0 Å². The zero-order valence-corrected chi connectivity index (χ0v) is 12.2. The monoisotopic (exact) mass is 307 g/mol. The number of hydrogen-bond acceptors (Lipinski definition) is 4. The highest BCUT2D eigenvalue weighted by Crippen LogP contribution is 2.24. The lowest BCUT2D eigenvalue weighted by molar-refractivity contribution is 0.777. The Balaban J connectivity index is 2.06. The van der Waals surface area contributed by atoms with Gasteiger partial charge in [-0.2, -0.15) is 9.97 Å². The number of imidazole rings is 1. The number of fused-ring (bicyclic) bond motifs is 1. The van der Waals surface area contributed by atoms with Crippen LogP contribution in [0.1, 0.15) is 6.92 Å². The highest BCUT2D eigenvalue weighted by Gasteiger charge is 2.12. The topological polar surface area (TPSA) is 55.6 Å². The van der Waals surface area contributed by atoms with Crippen LogP contribution in [0.2, 0.25) is 10.3 Å². The molecule has 0 bridgehead atoms. The predicted octanol–water partition coefficient (Wildman–Crippen LogP) is 3.90. The highest BCUT2D eigenvalue weighted by molar-refractivity contribution is 6.30. The van der Waals surface area contributed by atoms with Gasteiger partial charge in [-0.3, -0.25) is 0 Å². The Morgan fingerprint density at radius 2 is 1.90 bits per heavy atom. The van der Waals surface area contributed by atoms with Crippen molar-refractivity contribution in [3.63, 3.8) is 0 Å². The van der Waals surface area contributed by atoms with E-state index in [2.05, 4.69) is 20.3 Å². The minimum atomic E-state index is 0.184. The number of anilines is 2. The van der Waals surface area contributed by atoms with Crippen molar-refractivity contribution in [3.8, 4) is 0 Å². The standard InChI is InChI=1S/C13H11Cl2N5/c1-2-20-7-16-10-11(18-13(15)19-12(10)20)17-9-5-3-8(14)4-6-9/h3-7H,2H2,1H3,(H,17,18,19). The molecule has 0 spiro atoms. The number of nitrogens with one attached hydrogen (secondary N) is 1. The molecule has 0 unspecified atom stereocenters. The molecule has 1 aromatic carbocycles. The first-order valence-corrected chi connectivity index (χ1v) is 6.84. The first-order valence-electron chi connectivity index (χ1n) is 6.08. The fraction of sp³-hybridized carbons (Fsp3) is 0.154. The molecule has 2 aromatic heterocycles. The maximum atomic E-state index is 5.98. The van der Waals surface area contributed by atoms with E-state index < -0.39 is 0 Å². The average molecular weight is 308 g/mol. The third-order valence-electron chi connectivity index (χ3n) is 2.88. The number of aryl methyl sites for hydroxylation is 1. The van der Waals surface area contributed by atoms with E-state index in [-0.39, 0.29) is 5.28 Å². The van der Waals surface area contributed by atoms with Crippen molar-refractivity contribution >= 4 is 45.9 Å². The Kier molecular flexibility index (Phi) is 3.46. The van der Waals surface area contributed by atoms with Crippen LogP contribution in [-0.2, 0) is 6.54 Å². The molecule has 2 heterocycles. The minimum absolute atomic E-state index is 0.184. The molecule has 7 heteroatoms. The van der Waals surface area contributed by atoms with Gasteiger partial charge in [-0.15, -0.1) is 0 Å². The van der Waals surface area contributed by atoms with Crippen molar-refractivity contribution < 1.29 is 0 Å². The summed E-state index contributed by atoms with van der Waals surface area (Å²) in [5, 5.41) is 4.04. The van der Waals surface area contributed by atoms with Crippen molar-refractivity contribution in [2.75, 3.05) is 5.32 Å². The van der Waals surface area contributed by atoms with Gasteiger partial charge in [-0.1, -0.05) is 11.6 Å². The number of nitrogens with zero attached hydrogens (tertiary/aromatic N) is 4. The Labute approximate surface area is 125 Å². The molecule has 0 radical (unpaired) electrons. The lowest BCUT2D eigenvalue weighted by Gasteiger charge is -2.07. The molecule has 1 N–H and O–H groups in total. The molecule has 3 aromatic rings.